The fraction of sp³-hybridized carbons (Fsp3) is 0.727. The highest BCUT2D eigenvalue weighted by Crippen LogP contribution is 2.19. The Morgan fingerprint density at radius 1 is 1.47 bits per heavy atom. The van der Waals surface area contributed by atoms with E-state index in [2.05, 4.69) is 31.1 Å². The lowest BCUT2D eigenvalue weighted by molar-refractivity contribution is 0.184. The lowest BCUT2D eigenvalue weighted by Crippen LogP contribution is -2.21. The SMILES string of the molecule is CCc1nc(COC)sc1CNC(C)C. The summed E-state index contributed by atoms with van der Waals surface area (Å²) >= 11 is 1.75. The molecular formula is C11H20N2OS. The summed E-state index contributed by atoms with van der Waals surface area (Å²) in [7, 11) is 1.71. The zero-order chi connectivity index (χ0) is 11.3. The van der Waals surface area contributed by atoms with Gasteiger partial charge >= 0.3 is 0 Å². The normalized spacial score (nSPS) is 11.3. The van der Waals surface area contributed by atoms with E-state index in [0.717, 1.165) is 18.0 Å². The van der Waals surface area contributed by atoms with E-state index >= 15 is 0 Å². The average Bonchev–Trinajstić information content (AvgIpc) is 2.58. The topological polar surface area (TPSA) is 34.1 Å². The Hall–Kier alpha value is -0.450. The molecule has 1 N–H and O–H groups in total. The van der Waals surface area contributed by atoms with Gasteiger partial charge in [0.15, 0.2) is 0 Å². The standard InChI is InChI=1S/C11H20N2OS/c1-5-9-10(6-12-8(2)3)15-11(13-9)7-14-4/h8,12H,5-7H2,1-4H3. The second-order valence-corrected chi connectivity index (χ2v) is 4.97. The molecule has 0 fully saturated rings. The number of thiazole rings is 1. The number of nitrogens with one attached hydrogen (secondary N) is 1. The maximum atomic E-state index is 5.09. The predicted octanol–water partition coefficient (Wildman–Crippen LogP) is 2.35. The van der Waals surface area contributed by atoms with E-state index in [1.165, 1.54) is 10.6 Å². The zero-order valence-electron chi connectivity index (χ0n) is 9.96. The Morgan fingerprint density at radius 3 is 2.73 bits per heavy atom. The van der Waals surface area contributed by atoms with Crippen molar-refractivity contribution in [3.05, 3.63) is 15.6 Å². The first-order chi connectivity index (χ1) is 7.17. The highest BCUT2D eigenvalue weighted by atomic mass is 32.1. The Morgan fingerprint density at radius 2 is 2.20 bits per heavy atom. The van der Waals surface area contributed by atoms with Gasteiger partial charge in [0.1, 0.15) is 5.01 Å². The van der Waals surface area contributed by atoms with E-state index < -0.39 is 0 Å². The third-order valence-corrected chi connectivity index (χ3v) is 3.17. The molecule has 0 unspecified atom stereocenters. The van der Waals surface area contributed by atoms with Crippen LogP contribution >= 0.6 is 11.3 Å². The molecular weight excluding hydrogens is 208 g/mol. The smallest absolute Gasteiger partial charge is 0.119 e. The molecule has 0 radical (unpaired) electrons. The average molecular weight is 228 g/mol. The lowest BCUT2D eigenvalue weighted by atomic mass is 10.3. The Balaban J connectivity index is 2.67. The molecule has 0 bridgehead atoms. The molecule has 1 rings (SSSR count). The highest BCUT2D eigenvalue weighted by Gasteiger charge is 2.09. The molecule has 0 saturated carbocycles. The molecule has 0 spiro atoms. The summed E-state index contributed by atoms with van der Waals surface area (Å²) in [6.45, 7) is 8.00. The first-order valence-electron chi connectivity index (χ1n) is 5.37. The fourth-order valence-corrected chi connectivity index (χ4v) is 2.41. The maximum Gasteiger partial charge on any atom is 0.119 e. The number of hydrogen-bond donors (Lipinski definition) is 1. The van der Waals surface area contributed by atoms with Crippen molar-refractivity contribution in [3.63, 3.8) is 0 Å². The molecule has 1 heterocycles. The van der Waals surface area contributed by atoms with Gasteiger partial charge in [0, 0.05) is 24.6 Å². The molecule has 86 valence electrons. The number of aromatic nitrogens is 1. The van der Waals surface area contributed by atoms with Crippen molar-refractivity contribution >= 4 is 11.3 Å². The largest absolute Gasteiger partial charge is 0.378 e. The molecule has 0 aliphatic heterocycles. The van der Waals surface area contributed by atoms with Crippen LogP contribution in [0.25, 0.3) is 0 Å². The van der Waals surface area contributed by atoms with Crippen LogP contribution in [0.15, 0.2) is 0 Å². The number of hydrogen-bond acceptors (Lipinski definition) is 4. The van der Waals surface area contributed by atoms with Crippen molar-refractivity contribution in [2.45, 2.75) is 46.4 Å². The van der Waals surface area contributed by atoms with Crippen molar-refractivity contribution in [3.8, 4) is 0 Å². The van der Waals surface area contributed by atoms with Gasteiger partial charge < -0.3 is 10.1 Å². The van der Waals surface area contributed by atoms with E-state index in [0.29, 0.717) is 12.6 Å². The van der Waals surface area contributed by atoms with E-state index in [9.17, 15) is 0 Å². The number of nitrogens with zero attached hydrogens (tertiary/aromatic N) is 1. The third-order valence-electron chi connectivity index (χ3n) is 2.10. The highest BCUT2D eigenvalue weighted by molar-refractivity contribution is 7.11. The van der Waals surface area contributed by atoms with Gasteiger partial charge in [-0.3, -0.25) is 0 Å². The molecule has 0 saturated heterocycles. The minimum Gasteiger partial charge on any atom is -0.378 e. The van der Waals surface area contributed by atoms with E-state index in [1.54, 1.807) is 18.4 Å². The Labute approximate surface area is 95.9 Å². The van der Waals surface area contributed by atoms with E-state index in [-0.39, 0.29) is 0 Å². The van der Waals surface area contributed by atoms with E-state index in [1.807, 2.05) is 0 Å². The molecule has 4 heteroatoms. The number of rotatable bonds is 6. The quantitative estimate of drug-likeness (QED) is 0.811. The molecule has 0 amide bonds. The molecule has 15 heavy (non-hydrogen) atoms. The van der Waals surface area contributed by atoms with Crippen molar-refractivity contribution in [1.82, 2.24) is 10.3 Å². The van der Waals surface area contributed by atoms with Crippen LogP contribution < -0.4 is 5.32 Å². The van der Waals surface area contributed by atoms with Gasteiger partial charge in [-0.2, -0.15) is 0 Å². The molecule has 0 aliphatic rings. The number of methoxy groups -OCH3 is 1. The predicted molar refractivity (Wildman–Crippen MR) is 64.2 cm³/mol. The summed E-state index contributed by atoms with van der Waals surface area (Å²) in [5.41, 5.74) is 1.21. The van der Waals surface area contributed by atoms with Crippen LogP contribution in [0.1, 0.15) is 36.3 Å². The van der Waals surface area contributed by atoms with Crippen LogP contribution in [0.2, 0.25) is 0 Å². The summed E-state index contributed by atoms with van der Waals surface area (Å²) in [6, 6.07) is 0.516. The molecule has 0 aromatic carbocycles. The van der Waals surface area contributed by atoms with Crippen LogP contribution in [0, 0.1) is 0 Å². The number of aryl methyl sites for hydroxylation is 1. The van der Waals surface area contributed by atoms with Crippen molar-refractivity contribution in [2.24, 2.45) is 0 Å². The zero-order valence-corrected chi connectivity index (χ0v) is 10.8. The van der Waals surface area contributed by atoms with Crippen LogP contribution in [0.3, 0.4) is 0 Å². The minimum atomic E-state index is 0.516. The van der Waals surface area contributed by atoms with Crippen molar-refractivity contribution in [2.75, 3.05) is 7.11 Å². The molecule has 1 aromatic heterocycles. The summed E-state index contributed by atoms with van der Waals surface area (Å²) in [5, 5.41) is 4.50. The Kier molecular flexibility index (Phi) is 5.22. The van der Waals surface area contributed by atoms with Gasteiger partial charge in [0.25, 0.3) is 0 Å². The van der Waals surface area contributed by atoms with Gasteiger partial charge in [0.2, 0.25) is 0 Å². The fourth-order valence-electron chi connectivity index (χ4n) is 1.33. The van der Waals surface area contributed by atoms with Crippen molar-refractivity contribution < 1.29 is 4.74 Å². The summed E-state index contributed by atoms with van der Waals surface area (Å²) in [5.74, 6) is 0. The maximum absolute atomic E-state index is 5.09. The van der Waals surface area contributed by atoms with Gasteiger partial charge in [-0.25, -0.2) is 4.98 Å². The molecule has 3 nitrogen and oxygen atoms in total. The summed E-state index contributed by atoms with van der Waals surface area (Å²) in [6.07, 6.45) is 0.995. The molecule has 0 atom stereocenters. The first kappa shape index (κ1) is 12.6. The molecule has 0 aliphatic carbocycles. The van der Waals surface area contributed by atoms with Crippen molar-refractivity contribution in [1.29, 1.82) is 0 Å². The lowest BCUT2D eigenvalue weighted by Gasteiger charge is -2.06. The number of ether oxygens (including phenoxy) is 1. The molecule has 1 aromatic rings. The van der Waals surface area contributed by atoms with Crippen LogP contribution in [-0.2, 0) is 24.3 Å². The second-order valence-electron chi connectivity index (χ2n) is 3.80. The van der Waals surface area contributed by atoms with Gasteiger partial charge in [-0.15, -0.1) is 11.3 Å². The second kappa shape index (κ2) is 6.20. The van der Waals surface area contributed by atoms with Gasteiger partial charge in [-0.05, 0) is 6.42 Å². The van der Waals surface area contributed by atoms with Gasteiger partial charge in [-0.1, -0.05) is 20.8 Å². The van der Waals surface area contributed by atoms with Crippen LogP contribution in [0.4, 0.5) is 0 Å². The van der Waals surface area contributed by atoms with Gasteiger partial charge in [0.05, 0.1) is 12.3 Å². The summed E-state index contributed by atoms with van der Waals surface area (Å²) < 4.78 is 5.09. The first-order valence-corrected chi connectivity index (χ1v) is 6.18. The minimum absolute atomic E-state index is 0.516. The Bertz CT molecular complexity index is 297. The third kappa shape index (κ3) is 3.89. The summed E-state index contributed by atoms with van der Waals surface area (Å²) in [4.78, 5) is 5.90. The van der Waals surface area contributed by atoms with E-state index in [4.69, 9.17) is 4.74 Å². The monoisotopic (exact) mass is 228 g/mol. The van der Waals surface area contributed by atoms with Crippen LogP contribution in [-0.4, -0.2) is 18.1 Å². The van der Waals surface area contributed by atoms with Crippen LogP contribution in [0.5, 0.6) is 0 Å².